The quantitative estimate of drug-likeness (QED) is 0.790. The monoisotopic (exact) mass is 349 g/mol. The smallest absolute Gasteiger partial charge is 0.242 e. The Morgan fingerprint density at radius 2 is 2.00 bits per heavy atom. The van der Waals surface area contributed by atoms with E-state index < -0.39 is 6.04 Å². The van der Waals surface area contributed by atoms with Crippen LogP contribution in [0.4, 0.5) is 5.82 Å². The molecule has 0 aliphatic rings. The van der Waals surface area contributed by atoms with Gasteiger partial charge in [-0.05, 0) is 59.1 Å². The molecule has 0 saturated heterocycles. The van der Waals surface area contributed by atoms with Gasteiger partial charge in [0.2, 0.25) is 5.91 Å². The molecule has 2 aromatic rings. The van der Waals surface area contributed by atoms with Crippen LogP contribution in [0.25, 0.3) is 0 Å². The molecule has 0 fully saturated rings. The summed E-state index contributed by atoms with van der Waals surface area (Å²) in [6.45, 7) is 1.84. The van der Waals surface area contributed by atoms with E-state index in [4.69, 9.17) is 5.73 Å². The van der Waals surface area contributed by atoms with Crippen molar-refractivity contribution in [1.29, 1.82) is 0 Å². The number of carbonyl (C=O) groups is 1. The Balaban J connectivity index is 1.98. The predicted octanol–water partition coefficient (Wildman–Crippen LogP) is 2.37. The summed E-state index contributed by atoms with van der Waals surface area (Å²) in [6.07, 6.45) is 0.390. The second-order valence-electron chi connectivity index (χ2n) is 4.73. The van der Waals surface area contributed by atoms with Crippen molar-refractivity contribution in [2.24, 2.45) is 5.73 Å². The lowest BCUT2D eigenvalue weighted by Crippen LogP contribution is -2.37. The van der Waals surface area contributed by atoms with Crippen LogP contribution in [0.5, 0.6) is 5.75 Å². The highest BCUT2D eigenvalue weighted by molar-refractivity contribution is 9.10. The lowest BCUT2D eigenvalue weighted by atomic mass is 10.1. The van der Waals surface area contributed by atoms with Crippen LogP contribution in [-0.4, -0.2) is 22.0 Å². The highest BCUT2D eigenvalue weighted by Gasteiger charge is 2.15. The molecule has 1 aromatic carbocycles. The number of amides is 1. The van der Waals surface area contributed by atoms with Gasteiger partial charge in [0.1, 0.15) is 11.6 Å². The zero-order valence-corrected chi connectivity index (χ0v) is 13.1. The first kappa shape index (κ1) is 15.5. The SMILES string of the molecule is Cc1nc(NC(=O)[C@@H](N)Cc2ccc(O)cc2)ccc1Br. The van der Waals surface area contributed by atoms with Gasteiger partial charge < -0.3 is 16.2 Å². The van der Waals surface area contributed by atoms with Crippen molar-refractivity contribution in [3.8, 4) is 5.75 Å². The van der Waals surface area contributed by atoms with Gasteiger partial charge in [0.05, 0.1) is 11.7 Å². The average molecular weight is 350 g/mol. The van der Waals surface area contributed by atoms with Crippen LogP contribution >= 0.6 is 15.9 Å². The number of nitrogens with one attached hydrogen (secondary N) is 1. The molecule has 1 amide bonds. The van der Waals surface area contributed by atoms with E-state index in [9.17, 15) is 9.90 Å². The molecule has 4 N–H and O–H groups in total. The van der Waals surface area contributed by atoms with E-state index in [0.29, 0.717) is 12.2 Å². The number of hydrogen-bond donors (Lipinski definition) is 3. The molecule has 0 aliphatic heterocycles. The first-order valence-corrected chi connectivity index (χ1v) is 7.22. The summed E-state index contributed by atoms with van der Waals surface area (Å²) in [5, 5.41) is 11.9. The Kier molecular flexibility index (Phi) is 4.93. The van der Waals surface area contributed by atoms with Crippen molar-refractivity contribution in [3.05, 3.63) is 52.1 Å². The summed E-state index contributed by atoms with van der Waals surface area (Å²) in [6, 6.07) is 9.47. The van der Waals surface area contributed by atoms with Crippen molar-refractivity contribution >= 4 is 27.7 Å². The Bertz CT molecular complexity index is 644. The van der Waals surface area contributed by atoms with Gasteiger partial charge in [-0.15, -0.1) is 0 Å². The van der Waals surface area contributed by atoms with Crippen molar-refractivity contribution in [3.63, 3.8) is 0 Å². The van der Waals surface area contributed by atoms with Crippen molar-refractivity contribution < 1.29 is 9.90 Å². The number of anilines is 1. The van der Waals surface area contributed by atoms with Crippen molar-refractivity contribution in [2.45, 2.75) is 19.4 Å². The standard InChI is InChI=1S/C15H16BrN3O2/c1-9-12(16)6-7-14(18-9)19-15(21)13(17)8-10-2-4-11(20)5-3-10/h2-7,13,20H,8,17H2,1H3,(H,18,19,21)/t13-/m0/s1. The number of rotatable bonds is 4. The molecule has 0 spiro atoms. The van der Waals surface area contributed by atoms with Gasteiger partial charge in [0.25, 0.3) is 0 Å². The van der Waals surface area contributed by atoms with Crippen LogP contribution in [-0.2, 0) is 11.2 Å². The summed E-state index contributed by atoms with van der Waals surface area (Å²) >= 11 is 3.35. The van der Waals surface area contributed by atoms with Crippen LogP contribution in [0.2, 0.25) is 0 Å². The van der Waals surface area contributed by atoms with Gasteiger partial charge in [0.15, 0.2) is 0 Å². The molecule has 5 nitrogen and oxygen atoms in total. The minimum absolute atomic E-state index is 0.186. The fourth-order valence-corrected chi connectivity index (χ4v) is 2.03. The molecule has 0 bridgehead atoms. The van der Waals surface area contributed by atoms with Gasteiger partial charge >= 0.3 is 0 Å². The number of benzene rings is 1. The summed E-state index contributed by atoms with van der Waals surface area (Å²) < 4.78 is 0.883. The molecule has 1 heterocycles. The average Bonchev–Trinajstić information content (AvgIpc) is 2.45. The third-order valence-electron chi connectivity index (χ3n) is 3.00. The molecule has 1 atom stereocenters. The number of nitrogens with two attached hydrogens (primary N) is 1. The molecule has 110 valence electrons. The number of aromatic nitrogens is 1. The zero-order valence-electron chi connectivity index (χ0n) is 11.5. The van der Waals surface area contributed by atoms with E-state index in [1.807, 2.05) is 13.0 Å². The Hall–Kier alpha value is -1.92. The molecule has 0 saturated carbocycles. The fourth-order valence-electron chi connectivity index (χ4n) is 1.81. The summed E-state index contributed by atoms with van der Waals surface area (Å²) in [5.41, 5.74) is 7.57. The van der Waals surface area contributed by atoms with Gasteiger partial charge in [-0.25, -0.2) is 4.98 Å². The molecule has 0 radical (unpaired) electrons. The van der Waals surface area contributed by atoms with Gasteiger partial charge in [-0.2, -0.15) is 0 Å². The maximum absolute atomic E-state index is 12.0. The number of aryl methyl sites for hydroxylation is 1. The maximum atomic E-state index is 12.0. The number of phenolic OH excluding ortho intramolecular Hbond substituents is 1. The second-order valence-corrected chi connectivity index (χ2v) is 5.58. The van der Waals surface area contributed by atoms with Crippen LogP contribution < -0.4 is 11.1 Å². The highest BCUT2D eigenvalue weighted by atomic mass is 79.9. The Morgan fingerprint density at radius 3 is 2.62 bits per heavy atom. The van der Waals surface area contributed by atoms with E-state index in [0.717, 1.165) is 15.7 Å². The number of aromatic hydroxyl groups is 1. The van der Waals surface area contributed by atoms with E-state index in [2.05, 4.69) is 26.2 Å². The first-order chi connectivity index (χ1) is 9.95. The maximum Gasteiger partial charge on any atom is 0.242 e. The fraction of sp³-hybridized carbons (Fsp3) is 0.200. The zero-order chi connectivity index (χ0) is 15.4. The number of phenols is 1. The van der Waals surface area contributed by atoms with E-state index in [-0.39, 0.29) is 11.7 Å². The predicted molar refractivity (Wildman–Crippen MR) is 85.1 cm³/mol. The molecule has 1 aromatic heterocycles. The van der Waals surface area contributed by atoms with E-state index in [1.54, 1.807) is 30.3 Å². The number of hydrogen-bond acceptors (Lipinski definition) is 4. The minimum atomic E-state index is -0.680. The van der Waals surface area contributed by atoms with Gasteiger partial charge in [0, 0.05) is 4.47 Å². The third-order valence-corrected chi connectivity index (χ3v) is 3.84. The highest BCUT2D eigenvalue weighted by Crippen LogP contribution is 2.16. The van der Waals surface area contributed by atoms with Crippen molar-refractivity contribution in [2.75, 3.05) is 5.32 Å². The Morgan fingerprint density at radius 1 is 1.33 bits per heavy atom. The molecule has 2 rings (SSSR count). The topological polar surface area (TPSA) is 88.2 Å². The largest absolute Gasteiger partial charge is 0.508 e. The van der Waals surface area contributed by atoms with Crippen LogP contribution in [0.15, 0.2) is 40.9 Å². The van der Waals surface area contributed by atoms with Gasteiger partial charge in [-0.1, -0.05) is 12.1 Å². The van der Waals surface area contributed by atoms with E-state index in [1.165, 1.54) is 0 Å². The number of pyridine rings is 1. The first-order valence-electron chi connectivity index (χ1n) is 6.43. The number of halogens is 1. The number of nitrogens with zero attached hydrogens (tertiary/aromatic N) is 1. The lowest BCUT2D eigenvalue weighted by molar-refractivity contribution is -0.117. The van der Waals surface area contributed by atoms with E-state index >= 15 is 0 Å². The summed E-state index contributed by atoms with van der Waals surface area (Å²) in [4.78, 5) is 16.3. The summed E-state index contributed by atoms with van der Waals surface area (Å²) in [5.74, 6) is 0.366. The lowest BCUT2D eigenvalue weighted by Gasteiger charge is -2.12. The minimum Gasteiger partial charge on any atom is -0.508 e. The molecular formula is C15H16BrN3O2. The van der Waals surface area contributed by atoms with Gasteiger partial charge in [-0.3, -0.25) is 4.79 Å². The third kappa shape index (κ3) is 4.27. The molecule has 6 heteroatoms. The number of carbonyl (C=O) groups excluding carboxylic acids is 1. The Labute approximate surface area is 131 Å². The molecule has 0 aliphatic carbocycles. The van der Waals surface area contributed by atoms with Crippen LogP contribution in [0, 0.1) is 6.92 Å². The normalized spacial score (nSPS) is 12.0. The molecule has 0 unspecified atom stereocenters. The van der Waals surface area contributed by atoms with Crippen LogP contribution in [0.1, 0.15) is 11.3 Å². The van der Waals surface area contributed by atoms with Crippen molar-refractivity contribution in [1.82, 2.24) is 4.98 Å². The second kappa shape index (κ2) is 6.69. The summed E-state index contributed by atoms with van der Waals surface area (Å²) in [7, 11) is 0. The van der Waals surface area contributed by atoms with Crippen LogP contribution in [0.3, 0.4) is 0 Å². The molecule has 21 heavy (non-hydrogen) atoms. The molecular weight excluding hydrogens is 334 g/mol.